The van der Waals surface area contributed by atoms with E-state index in [1.54, 1.807) is 55.7 Å². The number of aromatic nitrogens is 4. The number of nitrogens with zero attached hydrogens (tertiary/aromatic N) is 6. The number of esters is 1. The monoisotopic (exact) mass is 1130 g/mol. The van der Waals surface area contributed by atoms with E-state index in [4.69, 9.17) is 14.2 Å². The summed E-state index contributed by atoms with van der Waals surface area (Å²) < 4.78 is 79.5. The lowest BCUT2D eigenvalue weighted by Gasteiger charge is -2.27. The quantitative estimate of drug-likeness (QED) is 0.0537. The van der Waals surface area contributed by atoms with Crippen LogP contribution in [0.1, 0.15) is 137 Å². The molecule has 0 saturated heterocycles. The van der Waals surface area contributed by atoms with Crippen LogP contribution in [0.25, 0.3) is 10.2 Å². The highest BCUT2D eigenvalue weighted by Gasteiger charge is 2.35. The molecule has 0 aliphatic heterocycles. The van der Waals surface area contributed by atoms with Gasteiger partial charge in [-0.1, -0.05) is 74.1 Å². The number of fused-ring (bicyclic) bond motifs is 1. The summed E-state index contributed by atoms with van der Waals surface area (Å²) in [5, 5.41) is 16.9. The number of thiazole rings is 1. The maximum Gasteiger partial charge on any atom is 0.338 e. The lowest BCUT2D eigenvalue weighted by atomic mass is 9.97. The molecule has 0 radical (unpaired) electrons. The average molecular weight is 1130 g/mol. The van der Waals surface area contributed by atoms with Crippen molar-refractivity contribution >= 4 is 92.8 Å². The normalized spacial score (nSPS) is 16.8. The van der Waals surface area contributed by atoms with E-state index in [0.717, 1.165) is 104 Å². The molecule has 3 aromatic carbocycles. The van der Waals surface area contributed by atoms with E-state index in [2.05, 4.69) is 30.0 Å². The fraction of sp³-hybridized carbons (Fsp3) is 0.434. The Balaban J connectivity index is 0.827. The lowest BCUT2D eigenvalue weighted by molar-refractivity contribution is -0.133. The van der Waals surface area contributed by atoms with Crippen LogP contribution in [0.2, 0.25) is 0 Å². The second kappa shape index (κ2) is 24.6. The third-order valence-corrected chi connectivity index (χ3v) is 19.0. The van der Waals surface area contributed by atoms with E-state index in [0.29, 0.717) is 33.6 Å². The molecule has 3 fully saturated rings. The van der Waals surface area contributed by atoms with E-state index in [1.165, 1.54) is 53.7 Å². The Kier molecular flexibility index (Phi) is 17.7. The van der Waals surface area contributed by atoms with Gasteiger partial charge in [0.1, 0.15) is 12.7 Å². The second-order valence-electron chi connectivity index (χ2n) is 19.3. The molecule has 3 N–H and O–H groups in total. The molecule has 3 atom stereocenters. The lowest BCUT2D eigenvalue weighted by Crippen LogP contribution is -2.35. The van der Waals surface area contributed by atoms with Gasteiger partial charge in [0.2, 0.25) is 11.0 Å². The van der Waals surface area contributed by atoms with Crippen molar-refractivity contribution in [1.82, 2.24) is 23.6 Å². The molecule has 24 heteroatoms. The third-order valence-electron chi connectivity index (χ3n) is 13.7. The first kappa shape index (κ1) is 55.5. The number of aliphatic hydroxyl groups excluding tert-OH is 1. The molecule has 3 saturated carbocycles. The Bertz CT molecular complexity index is 3270. The number of hydrogen-bond acceptors (Lipinski definition) is 18. The van der Waals surface area contributed by atoms with E-state index in [-0.39, 0.29) is 56.1 Å². The maximum absolute atomic E-state index is 14.0. The molecule has 3 heterocycles. The zero-order valence-electron chi connectivity index (χ0n) is 42.5. The molecule has 6 aromatic rings. The van der Waals surface area contributed by atoms with Gasteiger partial charge in [-0.25, -0.2) is 35.9 Å². The molecular formula is C53H60N8O12S4. The molecular weight excluding hydrogens is 1070 g/mol. The van der Waals surface area contributed by atoms with Crippen LogP contribution in [0.4, 0.5) is 16.0 Å². The van der Waals surface area contributed by atoms with Crippen molar-refractivity contribution in [2.24, 2.45) is 5.92 Å². The standard InChI is InChI=1S/C53H60N8O12S4/c1-3-60(33(2)62)76(67,68)41-21-16-35(17-22-41)46(72-39-10-6-4-7-11-39)49(64)57-52-55-43-25-20-37(30-45(43)74-52)51(66)71-32-44(63)48-56-53(75-59-48)58-50(65)47(73-40-12-8-5-9-13-40)36-18-23-42(24-19-36)77(69,70)61(31-34-14-15-34)38-26-28-54-29-27-38/h16-30,34,39-40,44,46-47,63H,3-15,31-32H2,1-2H3,(H,55,57,64)(H,56,58,59,65). The Labute approximate surface area is 454 Å². The van der Waals surface area contributed by atoms with E-state index < -0.39 is 68.7 Å². The van der Waals surface area contributed by atoms with Crippen molar-refractivity contribution < 1.29 is 55.3 Å². The van der Waals surface area contributed by atoms with Crippen LogP contribution in [0.5, 0.6) is 0 Å². The highest BCUT2D eigenvalue weighted by Crippen LogP contribution is 2.36. The predicted octanol–water partition coefficient (Wildman–Crippen LogP) is 8.65. The molecule has 9 rings (SSSR count). The molecule has 408 valence electrons. The van der Waals surface area contributed by atoms with Crippen molar-refractivity contribution in [3.8, 4) is 0 Å². The van der Waals surface area contributed by atoms with Crippen LogP contribution < -0.4 is 14.9 Å². The summed E-state index contributed by atoms with van der Waals surface area (Å²) in [7, 11) is -8.06. The van der Waals surface area contributed by atoms with Gasteiger partial charge in [-0.15, -0.1) is 0 Å². The molecule has 20 nitrogen and oxygen atoms in total. The first-order chi connectivity index (χ1) is 37.1. The third kappa shape index (κ3) is 13.5. The Hall–Kier alpha value is -6.28. The van der Waals surface area contributed by atoms with Gasteiger partial charge < -0.3 is 19.3 Å². The van der Waals surface area contributed by atoms with Crippen LogP contribution in [0, 0.1) is 5.92 Å². The number of sulfonamides is 2. The summed E-state index contributed by atoms with van der Waals surface area (Å²) >= 11 is 1.93. The molecule has 3 unspecified atom stereocenters. The SMILES string of the molecule is CCN(C(C)=O)S(=O)(=O)c1ccc(C(OC2CCCCC2)C(=O)Nc2nc3ccc(C(=O)OCC(O)c4nsc(NC(=O)C(OC5CCCCC5)c5ccc(S(=O)(=O)N(CC6CC6)c6ccncc6)cc5)n4)cc3s2)cc1. The van der Waals surface area contributed by atoms with Crippen LogP contribution in [-0.4, -0.2) is 101 Å². The highest BCUT2D eigenvalue weighted by atomic mass is 32.2. The van der Waals surface area contributed by atoms with Crippen LogP contribution in [0.15, 0.2) is 101 Å². The van der Waals surface area contributed by atoms with Gasteiger partial charge in [0.15, 0.2) is 23.2 Å². The average Bonchev–Trinajstić information content (AvgIpc) is 3.99. The smallest absolute Gasteiger partial charge is 0.338 e. The van der Waals surface area contributed by atoms with Gasteiger partial charge in [-0.05, 0) is 117 Å². The molecule has 3 amide bonds. The number of benzene rings is 3. The topological polar surface area (TPSA) is 267 Å². The van der Waals surface area contributed by atoms with Crippen molar-refractivity contribution in [2.75, 3.05) is 34.6 Å². The number of carbonyl (C=O) groups excluding carboxylic acids is 4. The molecule has 3 aromatic heterocycles. The number of amides is 3. The van der Waals surface area contributed by atoms with Crippen LogP contribution >= 0.6 is 22.9 Å². The fourth-order valence-corrected chi connectivity index (χ4v) is 13.9. The Morgan fingerprint density at radius 3 is 1.82 bits per heavy atom. The highest BCUT2D eigenvalue weighted by molar-refractivity contribution is 7.92. The van der Waals surface area contributed by atoms with Gasteiger partial charge in [0, 0.05) is 43.9 Å². The minimum absolute atomic E-state index is 0.0359. The molecule has 0 spiro atoms. The van der Waals surface area contributed by atoms with Crippen molar-refractivity contribution in [1.29, 1.82) is 0 Å². The van der Waals surface area contributed by atoms with E-state index in [1.807, 2.05) is 0 Å². The second-order valence-corrected chi connectivity index (χ2v) is 24.8. The number of hydrogen-bond donors (Lipinski definition) is 3. The number of rotatable bonds is 22. The molecule has 3 aliphatic rings. The van der Waals surface area contributed by atoms with E-state index in [9.17, 15) is 41.1 Å². The summed E-state index contributed by atoms with van der Waals surface area (Å²) in [5.74, 6) is -2.29. The Morgan fingerprint density at radius 2 is 1.27 bits per heavy atom. The van der Waals surface area contributed by atoms with E-state index >= 15 is 0 Å². The maximum atomic E-state index is 14.0. The number of carbonyl (C=O) groups is 4. The molecule has 3 aliphatic carbocycles. The minimum Gasteiger partial charge on any atom is -0.459 e. The summed E-state index contributed by atoms with van der Waals surface area (Å²) in [6.07, 6.45) is 9.90. The van der Waals surface area contributed by atoms with Gasteiger partial charge in [-0.2, -0.15) is 4.37 Å². The van der Waals surface area contributed by atoms with Gasteiger partial charge >= 0.3 is 5.97 Å². The van der Waals surface area contributed by atoms with Gasteiger partial charge in [0.25, 0.3) is 31.9 Å². The summed E-state index contributed by atoms with van der Waals surface area (Å²) in [6.45, 7) is 2.54. The summed E-state index contributed by atoms with van der Waals surface area (Å²) in [4.78, 5) is 66.2. The molecule has 0 bridgehead atoms. The van der Waals surface area contributed by atoms with Gasteiger partial charge in [-0.3, -0.25) is 34.3 Å². The first-order valence-electron chi connectivity index (χ1n) is 25.8. The number of aliphatic hydroxyl groups is 1. The van der Waals surface area contributed by atoms with Crippen molar-refractivity contribution in [3.63, 3.8) is 0 Å². The number of anilines is 3. The van der Waals surface area contributed by atoms with Crippen molar-refractivity contribution in [2.45, 2.75) is 131 Å². The molecule has 77 heavy (non-hydrogen) atoms. The zero-order chi connectivity index (χ0) is 54.3. The van der Waals surface area contributed by atoms with Crippen molar-refractivity contribution in [3.05, 3.63) is 114 Å². The summed E-state index contributed by atoms with van der Waals surface area (Å²) in [6, 6.07) is 19.8. The minimum atomic E-state index is -4.11. The number of ether oxygens (including phenoxy) is 3. The number of nitrogens with one attached hydrogen (secondary N) is 2. The largest absolute Gasteiger partial charge is 0.459 e. The zero-order valence-corrected chi connectivity index (χ0v) is 45.8. The predicted molar refractivity (Wildman–Crippen MR) is 288 cm³/mol. The number of pyridine rings is 1. The van der Waals surface area contributed by atoms with Crippen LogP contribution in [-0.2, 0) is 48.6 Å². The fourth-order valence-electron chi connectivity index (χ4n) is 9.38. The first-order valence-corrected chi connectivity index (χ1v) is 30.2. The Morgan fingerprint density at radius 1 is 0.714 bits per heavy atom. The van der Waals surface area contributed by atoms with Crippen LogP contribution in [0.3, 0.4) is 0 Å². The summed E-state index contributed by atoms with van der Waals surface area (Å²) in [5.41, 5.74) is 2.00. The van der Waals surface area contributed by atoms with Gasteiger partial charge in [0.05, 0.1) is 43.5 Å².